The van der Waals surface area contributed by atoms with Crippen LogP contribution in [-0.2, 0) is 27.5 Å². The minimum absolute atomic E-state index is 0.0147. The fourth-order valence-electron chi connectivity index (χ4n) is 2.85. The molecule has 0 aromatic heterocycles. The number of methoxy groups -OCH3 is 1. The summed E-state index contributed by atoms with van der Waals surface area (Å²) < 4.78 is 73.6. The Kier molecular flexibility index (Phi) is 8.03. The van der Waals surface area contributed by atoms with Gasteiger partial charge in [0.2, 0.25) is 5.91 Å². The lowest BCUT2D eigenvalue weighted by molar-refractivity contribution is -0.137. The topological polar surface area (TPSA) is 94.1 Å². The SMILES string of the molecule is COc1cccc(CC(=O)NN=Cc2ccc(Cl)cc2OS(=O)(=O)c2ccc(C(F)(F)F)cc2)c1. The number of benzene rings is 3. The molecule has 0 aliphatic carbocycles. The lowest BCUT2D eigenvalue weighted by Crippen LogP contribution is -2.20. The van der Waals surface area contributed by atoms with Gasteiger partial charge in [-0.3, -0.25) is 4.79 Å². The van der Waals surface area contributed by atoms with Crippen molar-refractivity contribution in [2.75, 3.05) is 7.11 Å². The van der Waals surface area contributed by atoms with Crippen molar-refractivity contribution < 1.29 is 35.3 Å². The highest BCUT2D eigenvalue weighted by atomic mass is 35.5. The van der Waals surface area contributed by atoms with E-state index in [2.05, 4.69) is 10.5 Å². The summed E-state index contributed by atoms with van der Waals surface area (Å²) in [5, 5.41) is 3.95. The number of hydrogen-bond donors (Lipinski definition) is 1. The van der Waals surface area contributed by atoms with Crippen LogP contribution >= 0.6 is 11.6 Å². The Morgan fingerprint density at radius 1 is 1.09 bits per heavy atom. The predicted octanol–water partition coefficient (Wildman–Crippen LogP) is 4.83. The number of alkyl halides is 3. The first-order valence-electron chi connectivity index (χ1n) is 9.84. The summed E-state index contributed by atoms with van der Waals surface area (Å²) in [5.74, 6) is -0.0810. The standard InChI is InChI=1S/C23H18ClF3N2O5S/c1-33-19-4-2-3-15(11-19)12-22(30)29-28-14-16-5-8-18(24)13-21(16)34-35(31,32)20-9-6-17(7-10-20)23(25,26)27/h2-11,13-14H,12H2,1H3,(H,29,30). The molecule has 0 unspecified atom stereocenters. The van der Waals surface area contributed by atoms with Crippen molar-refractivity contribution in [3.05, 3.63) is 88.4 Å². The summed E-state index contributed by atoms with van der Waals surface area (Å²) in [6, 6.07) is 13.8. The average molecular weight is 527 g/mol. The van der Waals surface area contributed by atoms with Crippen LogP contribution in [0.3, 0.4) is 0 Å². The van der Waals surface area contributed by atoms with Gasteiger partial charge in [-0.2, -0.15) is 26.7 Å². The van der Waals surface area contributed by atoms with Crippen LogP contribution < -0.4 is 14.3 Å². The molecule has 1 N–H and O–H groups in total. The van der Waals surface area contributed by atoms with Crippen molar-refractivity contribution in [3.63, 3.8) is 0 Å². The molecule has 0 saturated heterocycles. The summed E-state index contributed by atoms with van der Waals surface area (Å²) in [4.78, 5) is 11.7. The molecule has 3 rings (SSSR count). The van der Waals surface area contributed by atoms with Gasteiger partial charge in [-0.25, -0.2) is 5.43 Å². The van der Waals surface area contributed by atoms with E-state index in [1.807, 2.05) is 0 Å². The first-order valence-corrected chi connectivity index (χ1v) is 11.6. The molecular formula is C23H18ClF3N2O5S. The maximum absolute atomic E-state index is 12.7. The van der Waals surface area contributed by atoms with Gasteiger partial charge in [0.1, 0.15) is 10.6 Å². The van der Waals surface area contributed by atoms with Crippen LogP contribution in [0.4, 0.5) is 13.2 Å². The van der Waals surface area contributed by atoms with Crippen LogP contribution in [0.2, 0.25) is 5.02 Å². The predicted molar refractivity (Wildman–Crippen MR) is 123 cm³/mol. The molecule has 3 aromatic carbocycles. The van der Waals surface area contributed by atoms with Gasteiger partial charge in [-0.05, 0) is 54.1 Å². The zero-order valence-corrected chi connectivity index (χ0v) is 19.6. The molecule has 7 nitrogen and oxygen atoms in total. The van der Waals surface area contributed by atoms with Gasteiger partial charge < -0.3 is 8.92 Å². The van der Waals surface area contributed by atoms with Gasteiger partial charge in [0, 0.05) is 16.7 Å². The average Bonchev–Trinajstić information content (AvgIpc) is 2.80. The van der Waals surface area contributed by atoms with Crippen LogP contribution in [0.25, 0.3) is 0 Å². The molecular weight excluding hydrogens is 509 g/mol. The molecule has 0 spiro atoms. The van der Waals surface area contributed by atoms with Crippen molar-refractivity contribution in [2.24, 2.45) is 5.10 Å². The molecule has 184 valence electrons. The Bertz CT molecular complexity index is 1340. The lowest BCUT2D eigenvalue weighted by Gasteiger charge is -2.11. The number of hydrazone groups is 1. The number of rotatable bonds is 8. The number of nitrogens with one attached hydrogen (secondary N) is 1. The first kappa shape index (κ1) is 26.0. The van der Waals surface area contributed by atoms with E-state index in [0.29, 0.717) is 23.4 Å². The Labute approximate surface area is 204 Å². The smallest absolute Gasteiger partial charge is 0.416 e. The quantitative estimate of drug-likeness (QED) is 0.258. The van der Waals surface area contributed by atoms with E-state index < -0.39 is 32.7 Å². The lowest BCUT2D eigenvalue weighted by atomic mass is 10.1. The van der Waals surface area contributed by atoms with E-state index in [9.17, 15) is 26.4 Å². The minimum atomic E-state index is -4.61. The summed E-state index contributed by atoms with van der Waals surface area (Å²) in [7, 11) is -2.98. The van der Waals surface area contributed by atoms with Crippen molar-refractivity contribution in [1.29, 1.82) is 0 Å². The van der Waals surface area contributed by atoms with Crippen molar-refractivity contribution in [3.8, 4) is 11.5 Å². The second-order valence-electron chi connectivity index (χ2n) is 7.06. The van der Waals surface area contributed by atoms with E-state index in [4.69, 9.17) is 20.5 Å². The molecule has 0 heterocycles. The summed E-state index contributed by atoms with van der Waals surface area (Å²) >= 11 is 5.94. The molecule has 1 amide bonds. The molecule has 3 aromatic rings. The Balaban J connectivity index is 1.73. The number of halogens is 4. The Morgan fingerprint density at radius 2 is 1.80 bits per heavy atom. The van der Waals surface area contributed by atoms with Crippen LogP contribution in [-0.4, -0.2) is 27.6 Å². The number of hydrogen-bond acceptors (Lipinski definition) is 6. The van der Waals surface area contributed by atoms with Gasteiger partial charge in [0.25, 0.3) is 0 Å². The van der Waals surface area contributed by atoms with Gasteiger partial charge in [-0.15, -0.1) is 0 Å². The molecule has 0 aliphatic rings. The molecule has 0 bridgehead atoms. The number of ether oxygens (including phenoxy) is 1. The fraction of sp³-hybridized carbons (Fsp3) is 0.130. The molecule has 0 saturated carbocycles. The van der Waals surface area contributed by atoms with E-state index >= 15 is 0 Å². The van der Waals surface area contributed by atoms with Crippen molar-refractivity contribution in [2.45, 2.75) is 17.5 Å². The highest BCUT2D eigenvalue weighted by Crippen LogP contribution is 2.31. The van der Waals surface area contributed by atoms with E-state index in [0.717, 1.165) is 18.3 Å². The zero-order valence-electron chi connectivity index (χ0n) is 18.0. The summed E-state index contributed by atoms with van der Waals surface area (Å²) in [6.45, 7) is 0. The number of carbonyl (C=O) groups excluding carboxylic acids is 1. The minimum Gasteiger partial charge on any atom is -0.497 e. The van der Waals surface area contributed by atoms with Gasteiger partial charge in [0.05, 0.1) is 25.3 Å². The molecule has 35 heavy (non-hydrogen) atoms. The fourth-order valence-corrected chi connectivity index (χ4v) is 3.95. The van der Waals surface area contributed by atoms with Crippen LogP contribution in [0.1, 0.15) is 16.7 Å². The van der Waals surface area contributed by atoms with Crippen molar-refractivity contribution in [1.82, 2.24) is 5.43 Å². The third-order valence-corrected chi connectivity index (χ3v) is 6.02. The third kappa shape index (κ3) is 7.20. The zero-order chi connectivity index (χ0) is 25.6. The van der Waals surface area contributed by atoms with Crippen LogP contribution in [0.5, 0.6) is 11.5 Å². The molecule has 0 fully saturated rings. The summed E-state index contributed by atoms with van der Waals surface area (Å²) in [5.41, 5.74) is 2.15. The first-order chi connectivity index (χ1) is 16.5. The number of amides is 1. The molecule has 0 atom stereocenters. The normalized spacial score (nSPS) is 11.9. The summed E-state index contributed by atoms with van der Waals surface area (Å²) in [6.07, 6.45) is -3.45. The van der Waals surface area contributed by atoms with E-state index in [1.165, 1.54) is 25.3 Å². The van der Waals surface area contributed by atoms with E-state index in [-0.39, 0.29) is 22.8 Å². The van der Waals surface area contributed by atoms with Gasteiger partial charge in [-0.1, -0.05) is 23.7 Å². The Hall–Kier alpha value is -3.57. The highest BCUT2D eigenvalue weighted by molar-refractivity contribution is 7.87. The third-order valence-electron chi connectivity index (χ3n) is 4.54. The number of carbonyl (C=O) groups is 1. The molecule has 0 radical (unpaired) electrons. The molecule has 0 aliphatic heterocycles. The van der Waals surface area contributed by atoms with Crippen LogP contribution in [0.15, 0.2) is 76.7 Å². The van der Waals surface area contributed by atoms with E-state index in [1.54, 1.807) is 24.3 Å². The maximum atomic E-state index is 12.7. The van der Waals surface area contributed by atoms with Gasteiger partial charge >= 0.3 is 16.3 Å². The second-order valence-corrected chi connectivity index (χ2v) is 9.05. The second kappa shape index (κ2) is 10.8. The molecule has 12 heteroatoms. The largest absolute Gasteiger partial charge is 0.497 e. The van der Waals surface area contributed by atoms with Gasteiger partial charge in [0.15, 0.2) is 5.75 Å². The number of nitrogens with zero attached hydrogens (tertiary/aromatic N) is 1. The maximum Gasteiger partial charge on any atom is 0.416 e. The van der Waals surface area contributed by atoms with Crippen molar-refractivity contribution >= 4 is 33.8 Å². The monoisotopic (exact) mass is 526 g/mol. The highest BCUT2D eigenvalue weighted by Gasteiger charge is 2.31. The van der Waals surface area contributed by atoms with Crippen LogP contribution in [0, 0.1) is 0 Å². The Morgan fingerprint density at radius 3 is 2.46 bits per heavy atom.